The fourth-order valence-corrected chi connectivity index (χ4v) is 3.09. The summed E-state index contributed by atoms with van der Waals surface area (Å²) >= 11 is 0. The molecule has 1 atom stereocenters. The minimum atomic E-state index is -0.522. The number of aliphatic hydroxyl groups is 1. The molecule has 1 unspecified atom stereocenters. The Morgan fingerprint density at radius 3 is 2.58 bits per heavy atom. The summed E-state index contributed by atoms with van der Waals surface area (Å²) in [4.78, 5) is 13.0. The van der Waals surface area contributed by atoms with E-state index in [4.69, 9.17) is 4.74 Å². The lowest BCUT2D eigenvalue weighted by Gasteiger charge is -2.35. The topological polar surface area (TPSA) is 61.7 Å². The fourth-order valence-electron chi connectivity index (χ4n) is 3.09. The lowest BCUT2D eigenvalue weighted by atomic mass is 10.1. The first-order valence-electron chi connectivity index (χ1n) is 9.00. The molecule has 1 aromatic heterocycles. The van der Waals surface area contributed by atoms with Crippen molar-refractivity contribution in [3.05, 3.63) is 60.9 Å². The van der Waals surface area contributed by atoms with Gasteiger partial charge >= 0.3 is 0 Å². The monoisotopic (exact) mass is 354 g/mol. The van der Waals surface area contributed by atoms with Crippen LogP contribution in [0.25, 0.3) is 0 Å². The van der Waals surface area contributed by atoms with Crippen LogP contribution in [0.2, 0.25) is 0 Å². The number of ether oxygens (including phenoxy) is 1. The van der Waals surface area contributed by atoms with Crippen LogP contribution in [0.1, 0.15) is 5.56 Å². The number of piperazine rings is 1. The lowest BCUT2D eigenvalue weighted by molar-refractivity contribution is 0.0659. The van der Waals surface area contributed by atoms with Gasteiger partial charge in [-0.3, -0.25) is 4.90 Å². The van der Waals surface area contributed by atoms with Crippen LogP contribution in [-0.2, 0) is 6.42 Å². The Balaban J connectivity index is 1.43. The van der Waals surface area contributed by atoms with Gasteiger partial charge in [0.05, 0.1) is 0 Å². The van der Waals surface area contributed by atoms with E-state index >= 15 is 0 Å². The zero-order valence-corrected chi connectivity index (χ0v) is 15.0. The zero-order valence-electron chi connectivity index (χ0n) is 15.0. The molecular weight excluding hydrogens is 328 g/mol. The SMILES string of the molecule is C=CCc1ccccc1OCC(O)CN1CCN(c2ncccn2)CC1. The van der Waals surface area contributed by atoms with Crippen LogP contribution >= 0.6 is 0 Å². The number of benzene rings is 1. The Kier molecular flexibility index (Phi) is 6.57. The molecule has 0 aliphatic carbocycles. The van der Waals surface area contributed by atoms with Gasteiger partial charge in [-0.2, -0.15) is 0 Å². The summed E-state index contributed by atoms with van der Waals surface area (Å²) in [6.45, 7) is 8.14. The van der Waals surface area contributed by atoms with Gasteiger partial charge in [0.25, 0.3) is 0 Å². The van der Waals surface area contributed by atoms with Crippen molar-refractivity contribution in [1.29, 1.82) is 0 Å². The highest BCUT2D eigenvalue weighted by Gasteiger charge is 2.21. The zero-order chi connectivity index (χ0) is 18.2. The largest absolute Gasteiger partial charge is 0.491 e. The van der Waals surface area contributed by atoms with Crippen LogP contribution in [0.5, 0.6) is 5.75 Å². The molecule has 1 aromatic carbocycles. The molecule has 2 aromatic rings. The van der Waals surface area contributed by atoms with Crippen molar-refractivity contribution >= 4 is 5.95 Å². The second kappa shape index (κ2) is 9.31. The maximum atomic E-state index is 10.3. The van der Waals surface area contributed by atoms with Crippen molar-refractivity contribution in [2.75, 3.05) is 44.2 Å². The molecule has 1 saturated heterocycles. The average molecular weight is 354 g/mol. The van der Waals surface area contributed by atoms with Gasteiger partial charge in [-0.05, 0) is 24.1 Å². The van der Waals surface area contributed by atoms with Gasteiger partial charge < -0.3 is 14.7 Å². The summed E-state index contributed by atoms with van der Waals surface area (Å²) in [6.07, 6.45) is 5.62. The van der Waals surface area contributed by atoms with E-state index in [0.717, 1.165) is 49.9 Å². The van der Waals surface area contributed by atoms with E-state index in [2.05, 4.69) is 26.3 Å². The molecule has 0 amide bonds. The second-order valence-corrected chi connectivity index (χ2v) is 6.40. The number of allylic oxidation sites excluding steroid dienone is 1. The van der Waals surface area contributed by atoms with Crippen LogP contribution in [0, 0.1) is 0 Å². The summed E-state index contributed by atoms with van der Waals surface area (Å²) in [5.74, 6) is 1.59. The van der Waals surface area contributed by atoms with Crippen molar-refractivity contribution in [2.45, 2.75) is 12.5 Å². The van der Waals surface area contributed by atoms with E-state index < -0.39 is 6.10 Å². The average Bonchev–Trinajstić information content (AvgIpc) is 2.69. The summed E-state index contributed by atoms with van der Waals surface area (Å²) in [7, 11) is 0. The number of nitrogens with zero attached hydrogens (tertiary/aromatic N) is 4. The van der Waals surface area contributed by atoms with Crippen LogP contribution in [0.15, 0.2) is 55.4 Å². The van der Waals surface area contributed by atoms with Crippen molar-refractivity contribution in [1.82, 2.24) is 14.9 Å². The number of hydrogen-bond donors (Lipinski definition) is 1. The molecule has 1 N–H and O–H groups in total. The maximum absolute atomic E-state index is 10.3. The van der Waals surface area contributed by atoms with Crippen molar-refractivity contribution in [3.8, 4) is 5.75 Å². The minimum absolute atomic E-state index is 0.288. The third-order valence-corrected chi connectivity index (χ3v) is 4.44. The molecule has 6 heteroatoms. The van der Waals surface area contributed by atoms with Crippen LogP contribution in [-0.4, -0.2) is 65.4 Å². The Morgan fingerprint density at radius 1 is 1.12 bits per heavy atom. The van der Waals surface area contributed by atoms with Crippen LogP contribution in [0.4, 0.5) is 5.95 Å². The van der Waals surface area contributed by atoms with E-state index in [0.29, 0.717) is 6.54 Å². The van der Waals surface area contributed by atoms with Crippen molar-refractivity contribution in [2.24, 2.45) is 0 Å². The highest BCUT2D eigenvalue weighted by molar-refractivity contribution is 5.34. The Labute approximate surface area is 154 Å². The lowest BCUT2D eigenvalue weighted by Crippen LogP contribution is -2.49. The first kappa shape index (κ1) is 18.4. The molecule has 2 heterocycles. The van der Waals surface area contributed by atoms with Crippen LogP contribution < -0.4 is 9.64 Å². The van der Waals surface area contributed by atoms with Gasteiger partial charge in [-0.25, -0.2) is 9.97 Å². The Morgan fingerprint density at radius 2 is 1.85 bits per heavy atom. The maximum Gasteiger partial charge on any atom is 0.225 e. The van der Waals surface area contributed by atoms with Gasteiger partial charge in [0.15, 0.2) is 0 Å². The molecule has 0 saturated carbocycles. The molecule has 138 valence electrons. The molecule has 0 spiro atoms. The van der Waals surface area contributed by atoms with Gasteiger partial charge in [0.1, 0.15) is 18.5 Å². The highest BCUT2D eigenvalue weighted by atomic mass is 16.5. The first-order valence-corrected chi connectivity index (χ1v) is 9.00. The third kappa shape index (κ3) is 5.03. The molecule has 0 radical (unpaired) electrons. The summed E-state index contributed by atoms with van der Waals surface area (Å²) in [5.41, 5.74) is 1.09. The molecule has 6 nitrogen and oxygen atoms in total. The van der Waals surface area contributed by atoms with E-state index in [1.807, 2.05) is 36.4 Å². The van der Waals surface area contributed by atoms with E-state index in [-0.39, 0.29) is 6.61 Å². The van der Waals surface area contributed by atoms with E-state index in [1.54, 1.807) is 12.4 Å². The minimum Gasteiger partial charge on any atom is -0.491 e. The van der Waals surface area contributed by atoms with Crippen LogP contribution in [0.3, 0.4) is 0 Å². The summed E-state index contributed by atoms with van der Waals surface area (Å²) < 4.78 is 5.83. The summed E-state index contributed by atoms with van der Waals surface area (Å²) in [5, 5.41) is 10.3. The molecule has 1 fully saturated rings. The molecule has 1 aliphatic heterocycles. The Hall–Kier alpha value is -2.44. The molecule has 1 aliphatic rings. The number of rotatable bonds is 8. The number of aromatic nitrogens is 2. The van der Waals surface area contributed by atoms with E-state index in [9.17, 15) is 5.11 Å². The number of hydrogen-bond acceptors (Lipinski definition) is 6. The van der Waals surface area contributed by atoms with Gasteiger partial charge in [0.2, 0.25) is 5.95 Å². The van der Waals surface area contributed by atoms with Gasteiger partial charge in [-0.15, -0.1) is 6.58 Å². The molecule has 3 rings (SSSR count). The first-order chi connectivity index (χ1) is 12.8. The third-order valence-electron chi connectivity index (χ3n) is 4.44. The number of para-hydroxylation sites is 1. The molecule has 26 heavy (non-hydrogen) atoms. The molecular formula is C20H26N4O2. The molecule has 0 bridgehead atoms. The normalized spacial score (nSPS) is 16.3. The smallest absolute Gasteiger partial charge is 0.225 e. The van der Waals surface area contributed by atoms with Gasteiger partial charge in [0, 0.05) is 45.1 Å². The quantitative estimate of drug-likeness (QED) is 0.729. The number of anilines is 1. The Bertz CT molecular complexity index is 687. The predicted octanol–water partition coefficient (Wildman–Crippen LogP) is 1.77. The van der Waals surface area contributed by atoms with Crippen molar-refractivity contribution in [3.63, 3.8) is 0 Å². The summed E-state index contributed by atoms with van der Waals surface area (Å²) in [6, 6.07) is 9.71. The number of β-amino-alcohol motifs (C(OH)–C–C–N with tert-alkyl or cyclic N) is 1. The second-order valence-electron chi connectivity index (χ2n) is 6.40. The predicted molar refractivity (Wildman–Crippen MR) is 103 cm³/mol. The van der Waals surface area contributed by atoms with E-state index in [1.165, 1.54) is 0 Å². The fraction of sp³-hybridized carbons (Fsp3) is 0.400. The van der Waals surface area contributed by atoms with Crippen molar-refractivity contribution < 1.29 is 9.84 Å². The number of aliphatic hydroxyl groups excluding tert-OH is 1. The standard InChI is InChI=1S/C20H26N4O2/c1-2-6-17-7-3-4-8-19(17)26-16-18(25)15-23-11-13-24(14-12-23)20-21-9-5-10-22-20/h2-5,7-10,18,25H,1,6,11-16H2. The highest BCUT2D eigenvalue weighted by Crippen LogP contribution is 2.19. The van der Waals surface area contributed by atoms with Gasteiger partial charge in [-0.1, -0.05) is 24.3 Å².